The Morgan fingerprint density at radius 3 is 3.06 bits per heavy atom. The van der Waals surface area contributed by atoms with Crippen molar-refractivity contribution in [1.82, 2.24) is 5.32 Å². The largest absolute Gasteiger partial charge is 0.489 e. The lowest BCUT2D eigenvalue weighted by molar-refractivity contribution is 0.188. The molecule has 0 aromatic heterocycles. The molecule has 1 aliphatic rings. The topological polar surface area (TPSA) is 30.5 Å². The van der Waals surface area contributed by atoms with Crippen LogP contribution in [0.3, 0.4) is 0 Å². The summed E-state index contributed by atoms with van der Waals surface area (Å²) in [5.74, 6) is -1.87. The average molecular weight is 243 g/mol. The molecule has 94 valence electrons. The van der Waals surface area contributed by atoms with Crippen LogP contribution in [0.1, 0.15) is 6.42 Å². The number of benzene rings is 1. The van der Waals surface area contributed by atoms with Crippen molar-refractivity contribution in [3.63, 3.8) is 0 Å². The van der Waals surface area contributed by atoms with E-state index in [1.54, 1.807) is 0 Å². The van der Waals surface area contributed by atoms with E-state index in [0.29, 0.717) is 25.8 Å². The third-order valence-electron chi connectivity index (χ3n) is 2.64. The van der Waals surface area contributed by atoms with Crippen LogP contribution in [0.5, 0.6) is 5.75 Å². The van der Waals surface area contributed by atoms with Crippen molar-refractivity contribution in [3.8, 4) is 5.75 Å². The zero-order chi connectivity index (χ0) is 12.1. The molecule has 1 unspecified atom stereocenters. The van der Waals surface area contributed by atoms with Crippen LogP contribution in [0, 0.1) is 11.6 Å². The molecule has 1 atom stereocenters. The van der Waals surface area contributed by atoms with Crippen molar-refractivity contribution in [1.29, 1.82) is 0 Å². The molecule has 1 fully saturated rings. The minimum Gasteiger partial charge on any atom is -0.489 e. The van der Waals surface area contributed by atoms with E-state index < -0.39 is 11.6 Å². The Bertz CT molecular complexity index is 368. The first-order chi connectivity index (χ1) is 8.27. The van der Waals surface area contributed by atoms with Crippen LogP contribution in [0.2, 0.25) is 0 Å². The van der Waals surface area contributed by atoms with E-state index in [1.807, 2.05) is 0 Å². The minimum absolute atomic E-state index is 0.0468. The molecule has 2 rings (SSSR count). The Balaban J connectivity index is 1.72. The Kier molecular flexibility index (Phi) is 4.28. The van der Waals surface area contributed by atoms with Crippen LogP contribution in [0.15, 0.2) is 18.2 Å². The molecular weight excluding hydrogens is 228 g/mol. The van der Waals surface area contributed by atoms with E-state index in [4.69, 9.17) is 9.47 Å². The van der Waals surface area contributed by atoms with E-state index in [2.05, 4.69) is 5.32 Å². The number of halogens is 2. The van der Waals surface area contributed by atoms with Gasteiger partial charge in [0.25, 0.3) is 0 Å². The first-order valence-corrected chi connectivity index (χ1v) is 5.65. The highest BCUT2D eigenvalue weighted by molar-refractivity contribution is 5.24. The van der Waals surface area contributed by atoms with Crippen molar-refractivity contribution in [2.75, 3.05) is 26.4 Å². The lowest BCUT2D eigenvalue weighted by Crippen LogP contribution is -2.32. The third kappa shape index (κ3) is 3.38. The van der Waals surface area contributed by atoms with Gasteiger partial charge < -0.3 is 14.8 Å². The molecule has 3 nitrogen and oxygen atoms in total. The molecule has 0 amide bonds. The summed E-state index contributed by atoms with van der Waals surface area (Å²) in [6, 6.07) is 4.25. The first kappa shape index (κ1) is 12.3. The van der Waals surface area contributed by atoms with Gasteiger partial charge in [-0.2, -0.15) is 4.39 Å². The minimum atomic E-state index is -0.934. The first-order valence-electron chi connectivity index (χ1n) is 5.65. The number of hydrogen-bond acceptors (Lipinski definition) is 3. The van der Waals surface area contributed by atoms with E-state index in [-0.39, 0.29) is 5.75 Å². The Labute approximate surface area is 98.7 Å². The van der Waals surface area contributed by atoms with Crippen molar-refractivity contribution < 1.29 is 18.3 Å². The van der Waals surface area contributed by atoms with Gasteiger partial charge in [0.2, 0.25) is 5.82 Å². The molecular formula is C12H15F2NO2. The summed E-state index contributed by atoms with van der Waals surface area (Å²) in [7, 11) is 0. The highest BCUT2D eigenvalue weighted by Gasteiger charge is 2.14. The smallest absolute Gasteiger partial charge is 0.200 e. The molecule has 1 saturated heterocycles. The van der Waals surface area contributed by atoms with Gasteiger partial charge in [0.15, 0.2) is 11.6 Å². The second-order valence-corrected chi connectivity index (χ2v) is 3.92. The molecule has 1 aromatic rings. The van der Waals surface area contributed by atoms with Gasteiger partial charge in [-0.25, -0.2) is 4.39 Å². The van der Waals surface area contributed by atoms with Crippen LogP contribution < -0.4 is 10.1 Å². The zero-order valence-electron chi connectivity index (χ0n) is 9.42. The van der Waals surface area contributed by atoms with Gasteiger partial charge >= 0.3 is 0 Å². The number of ether oxygens (including phenoxy) is 2. The summed E-state index contributed by atoms with van der Waals surface area (Å²) in [5, 5.41) is 3.22. The summed E-state index contributed by atoms with van der Waals surface area (Å²) in [4.78, 5) is 0. The molecule has 1 N–H and O–H groups in total. The van der Waals surface area contributed by atoms with E-state index in [0.717, 1.165) is 19.1 Å². The summed E-state index contributed by atoms with van der Waals surface area (Å²) in [6.07, 6.45) is 0.980. The average Bonchev–Trinajstić information content (AvgIpc) is 2.83. The fourth-order valence-electron chi connectivity index (χ4n) is 1.72. The molecule has 1 aliphatic heterocycles. The highest BCUT2D eigenvalue weighted by atomic mass is 19.2. The van der Waals surface area contributed by atoms with Crippen LogP contribution in [-0.2, 0) is 4.74 Å². The van der Waals surface area contributed by atoms with Gasteiger partial charge in [0, 0.05) is 19.2 Å². The van der Waals surface area contributed by atoms with E-state index in [1.165, 1.54) is 12.1 Å². The van der Waals surface area contributed by atoms with Crippen LogP contribution in [0.4, 0.5) is 8.78 Å². The van der Waals surface area contributed by atoms with Gasteiger partial charge in [-0.3, -0.25) is 0 Å². The van der Waals surface area contributed by atoms with Gasteiger partial charge in [-0.05, 0) is 18.6 Å². The highest BCUT2D eigenvalue weighted by Crippen LogP contribution is 2.18. The summed E-state index contributed by atoms with van der Waals surface area (Å²) >= 11 is 0. The summed E-state index contributed by atoms with van der Waals surface area (Å²) < 4.78 is 36.4. The van der Waals surface area contributed by atoms with E-state index in [9.17, 15) is 8.78 Å². The molecule has 1 heterocycles. The van der Waals surface area contributed by atoms with Crippen molar-refractivity contribution in [2.45, 2.75) is 12.5 Å². The fourth-order valence-corrected chi connectivity index (χ4v) is 1.72. The molecule has 0 radical (unpaired) electrons. The second kappa shape index (κ2) is 5.93. The SMILES string of the molecule is Fc1cccc(OCCNC2CCOC2)c1F. The normalized spacial score (nSPS) is 19.5. The van der Waals surface area contributed by atoms with Crippen molar-refractivity contribution in [3.05, 3.63) is 29.8 Å². The number of rotatable bonds is 5. The lowest BCUT2D eigenvalue weighted by atomic mass is 10.3. The number of nitrogens with one attached hydrogen (secondary N) is 1. The maximum absolute atomic E-state index is 13.2. The standard InChI is InChI=1S/C12H15F2NO2/c13-10-2-1-3-11(12(10)14)17-7-5-15-9-4-6-16-8-9/h1-3,9,15H,4-8H2. The second-order valence-electron chi connectivity index (χ2n) is 3.92. The predicted octanol–water partition coefficient (Wildman–Crippen LogP) is 1.72. The summed E-state index contributed by atoms with van der Waals surface area (Å²) in [5.41, 5.74) is 0. The Morgan fingerprint density at radius 1 is 1.41 bits per heavy atom. The quantitative estimate of drug-likeness (QED) is 0.799. The van der Waals surface area contributed by atoms with Crippen molar-refractivity contribution >= 4 is 0 Å². The zero-order valence-corrected chi connectivity index (χ0v) is 9.42. The summed E-state index contributed by atoms with van der Waals surface area (Å²) in [6.45, 7) is 2.37. The van der Waals surface area contributed by atoms with Crippen molar-refractivity contribution in [2.24, 2.45) is 0 Å². The molecule has 0 aliphatic carbocycles. The maximum Gasteiger partial charge on any atom is 0.200 e. The third-order valence-corrected chi connectivity index (χ3v) is 2.64. The van der Waals surface area contributed by atoms with E-state index >= 15 is 0 Å². The van der Waals surface area contributed by atoms with Crippen LogP contribution >= 0.6 is 0 Å². The van der Waals surface area contributed by atoms with Gasteiger partial charge in [0.1, 0.15) is 6.61 Å². The molecule has 1 aromatic carbocycles. The Hall–Kier alpha value is -1.20. The van der Waals surface area contributed by atoms with Gasteiger partial charge in [0.05, 0.1) is 6.61 Å². The van der Waals surface area contributed by atoms with Crippen LogP contribution in [-0.4, -0.2) is 32.4 Å². The maximum atomic E-state index is 13.2. The Morgan fingerprint density at radius 2 is 2.29 bits per heavy atom. The molecule has 17 heavy (non-hydrogen) atoms. The molecule has 5 heteroatoms. The molecule has 0 bridgehead atoms. The van der Waals surface area contributed by atoms with Gasteiger partial charge in [-0.1, -0.05) is 6.07 Å². The predicted molar refractivity (Wildman–Crippen MR) is 59.1 cm³/mol. The monoisotopic (exact) mass is 243 g/mol. The van der Waals surface area contributed by atoms with Crippen LogP contribution in [0.25, 0.3) is 0 Å². The molecule has 0 saturated carbocycles. The van der Waals surface area contributed by atoms with Gasteiger partial charge in [-0.15, -0.1) is 0 Å². The molecule has 0 spiro atoms. The fraction of sp³-hybridized carbons (Fsp3) is 0.500. The number of hydrogen-bond donors (Lipinski definition) is 1. The lowest BCUT2D eigenvalue weighted by Gasteiger charge is -2.11.